The highest BCUT2D eigenvalue weighted by atomic mass is 32.1. The lowest BCUT2D eigenvalue weighted by atomic mass is 10.1. The largest absolute Gasteiger partial charge is 0.497 e. The molecule has 0 saturated carbocycles. The summed E-state index contributed by atoms with van der Waals surface area (Å²) >= 11 is 7.06. The van der Waals surface area contributed by atoms with Gasteiger partial charge in [-0.25, -0.2) is 4.98 Å². The zero-order chi connectivity index (χ0) is 16.2. The molecule has 0 unspecified atom stereocenters. The van der Waals surface area contributed by atoms with Crippen molar-refractivity contribution in [2.24, 2.45) is 0 Å². The van der Waals surface area contributed by atoms with Crippen molar-refractivity contribution in [3.05, 3.63) is 57.6 Å². The molecule has 4 nitrogen and oxygen atoms in total. The van der Waals surface area contributed by atoms with Gasteiger partial charge < -0.3 is 14.0 Å². The molecule has 0 aliphatic heterocycles. The summed E-state index contributed by atoms with van der Waals surface area (Å²) in [7, 11) is 3.33. The quantitative estimate of drug-likeness (QED) is 0.660. The number of hydrogen-bond acceptors (Lipinski definition) is 4. The van der Waals surface area contributed by atoms with Gasteiger partial charge in [0.2, 0.25) is 0 Å². The molecule has 0 amide bonds. The first kappa shape index (κ1) is 15.7. The van der Waals surface area contributed by atoms with Crippen molar-refractivity contribution >= 4 is 23.6 Å². The van der Waals surface area contributed by atoms with Crippen LogP contribution in [0.3, 0.4) is 0 Å². The Kier molecular flexibility index (Phi) is 4.73. The van der Waals surface area contributed by atoms with E-state index in [2.05, 4.69) is 21.0 Å². The van der Waals surface area contributed by atoms with Crippen LogP contribution in [0.15, 0.2) is 48.1 Å². The molecule has 3 aromatic rings. The molecule has 2 aromatic heterocycles. The van der Waals surface area contributed by atoms with E-state index < -0.39 is 0 Å². The van der Waals surface area contributed by atoms with Gasteiger partial charge in [0, 0.05) is 22.6 Å². The predicted molar refractivity (Wildman–Crippen MR) is 93.8 cm³/mol. The highest BCUT2D eigenvalue weighted by molar-refractivity contribution is 7.73. The van der Waals surface area contributed by atoms with Gasteiger partial charge in [-0.2, -0.15) is 0 Å². The van der Waals surface area contributed by atoms with Gasteiger partial charge in [0.25, 0.3) is 0 Å². The maximum absolute atomic E-state index is 5.51. The van der Waals surface area contributed by atoms with E-state index in [1.54, 1.807) is 25.6 Å². The van der Waals surface area contributed by atoms with Crippen LogP contribution >= 0.6 is 23.6 Å². The van der Waals surface area contributed by atoms with Crippen molar-refractivity contribution in [2.45, 2.75) is 6.54 Å². The van der Waals surface area contributed by atoms with Gasteiger partial charge in [-0.3, -0.25) is 0 Å². The normalized spacial score (nSPS) is 10.5. The smallest absolute Gasteiger partial charge is 0.172 e. The zero-order valence-electron chi connectivity index (χ0n) is 12.9. The number of aromatic amines is 1. The van der Waals surface area contributed by atoms with Gasteiger partial charge in [0.05, 0.1) is 26.5 Å². The number of pyridine rings is 1. The van der Waals surface area contributed by atoms with Crippen LogP contribution in [0, 0.1) is 3.95 Å². The highest BCUT2D eigenvalue weighted by Crippen LogP contribution is 2.35. The average Bonchev–Trinajstić information content (AvgIpc) is 2.96. The summed E-state index contributed by atoms with van der Waals surface area (Å²) in [4.78, 5) is 3.10. The molecule has 0 spiro atoms. The van der Waals surface area contributed by atoms with Gasteiger partial charge in [-0.05, 0) is 36.5 Å². The highest BCUT2D eigenvalue weighted by Gasteiger charge is 2.14. The second kappa shape index (κ2) is 6.93. The van der Waals surface area contributed by atoms with Crippen LogP contribution in [-0.2, 0) is 6.54 Å². The minimum absolute atomic E-state index is 0.704. The summed E-state index contributed by atoms with van der Waals surface area (Å²) in [5.41, 5.74) is 3.16. The molecule has 1 aromatic carbocycles. The lowest BCUT2D eigenvalue weighted by Crippen LogP contribution is -2.07. The molecule has 0 fully saturated rings. The van der Waals surface area contributed by atoms with Gasteiger partial charge in [0.1, 0.15) is 11.5 Å². The Morgan fingerprint density at radius 1 is 1.22 bits per heavy atom. The van der Waals surface area contributed by atoms with Gasteiger partial charge >= 0.3 is 0 Å². The van der Waals surface area contributed by atoms with E-state index in [0.29, 0.717) is 6.54 Å². The van der Waals surface area contributed by atoms with Crippen LogP contribution in [0.4, 0.5) is 0 Å². The molecule has 23 heavy (non-hydrogen) atoms. The molecule has 3 rings (SSSR count). The van der Waals surface area contributed by atoms with Crippen LogP contribution in [0.2, 0.25) is 0 Å². The van der Waals surface area contributed by atoms with E-state index in [-0.39, 0.29) is 0 Å². The predicted octanol–water partition coefficient (Wildman–Crippen LogP) is 3.83. The Bertz CT molecular complexity index is 857. The number of thiazole rings is 1. The standard InChI is InChI=1S/C17H16N2O2S2/c1-20-13-5-6-16(21-2)14(8-13)15-11-23-17(22)19(15)10-12-4-3-7-18-9-12/h3-9,11H,10H2,1-2H3/p+1. The van der Waals surface area contributed by atoms with Gasteiger partial charge in [-0.1, -0.05) is 0 Å². The number of H-pyrrole nitrogens is 1. The molecular weight excluding hydrogens is 328 g/mol. The van der Waals surface area contributed by atoms with E-state index in [1.807, 2.05) is 36.7 Å². The molecule has 0 radical (unpaired) electrons. The Hall–Kier alpha value is -2.18. The number of ether oxygens (including phenoxy) is 2. The summed E-state index contributed by atoms with van der Waals surface area (Å²) in [5.74, 6) is 1.59. The number of nitrogens with one attached hydrogen (secondary N) is 1. The molecule has 0 saturated heterocycles. The van der Waals surface area contributed by atoms with Gasteiger partial charge in [0.15, 0.2) is 16.3 Å². The molecule has 0 bridgehead atoms. The van der Waals surface area contributed by atoms with E-state index in [1.165, 1.54) is 0 Å². The third-order valence-electron chi connectivity index (χ3n) is 3.58. The first-order valence-corrected chi connectivity index (χ1v) is 8.37. The van der Waals surface area contributed by atoms with E-state index in [0.717, 1.165) is 32.3 Å². The number of benzene rings is 1. The van der Waals surface area contributed by atoms with Gasteiger partial charge in [-0.15, -0.1) is 11.3 Å². The van der Waals surface area contributed by atoms with Crippen molar-refractivity contribution < 1.29 is 14.5 Å². The van der Waals surface area contributed by atoms with Crippen molar-refractivity contribution in [3.63, 3.8) is 0 Å². The average molecular weight is 345 g/mol. The van der Waals surface area contributed by atoms with Crippen molar-refractivity contribution in [1.82, 2.24) is 4.57 Å². The molecule has 118 valence electrons. The lowest BCUT2D eigenvalue weighted by Gasteiger charge is -2.13. The minimum atomic E-state index is 0.704. The summed E-state index contributed by atoms with van der Waals surface area (Å²) in [6, 6.07) is 9.83. The minimum Gasteiger partial charge on any atom is -0.497 e. The number of methoxy groups -OCH3 is 2. The molecule has 0 aliphatic carbocycles. The topological polar surface area (TPSA) is 37.5 Å². The fraction of sp³-hybridized carbons (Fsp3) is 0.176. The Balaban J connectivity index is 2.10. The van der Waals surface area contributed by atoms with E-state index >= 15 is 0 Å². The fourth-order valence-electron chi connectivity index (χ4n) is 2.42. The first-order valence-electron chi connectivity index (χ1n) is 7.08. The van der Waals surface area contributed by atoms with Crippen LogP contribution in [0.25, 0.3) is 11.3 Å². The number of nitrogens with zero attached hydrogens (tertiary/aromatic N) is 1. The Morgan fingerprint density at radius 2 is 2.09 bits per heavy atom. The van der Waals surface area contributed by atoms with Crippen molar-refractivity contribution in [2.75, 3.05) is 14.2 Å². The number of aromatic nitrogens is 2. The SMILES string of the molecule is COc1ccc(OC)c(-c2csc(=S)n2Cc2ccc[nH+]c2)c1. The molecule has 0 aliphatic rings. The van der Waals surface area contributed by atoms with Crippen molar-refractivity contribution in [1.29, 1.82) is 0 Å². The second-order valence-corrected chi connectivity index (χ2v) is 6.45. The van der Waals surface area contributed by atoms with Crippen LogP contribution in [0.5, 0.6) is 11.5 Å². The first-order chi connectivity index (χ1) is 11.2. The van der Waals surface area contributed by atoms with E-state index in [9.17, 15) is 0 Å². The third kappa shape index (κ3) is 3.28. The second-order valence-electron chi connectivity index (χ2n) is 4.95. The third-order valence-corrected chi connectivity index (χ3v) is 4.85. The molecular formula is C17H17N2O2S2+. The summed E-state index contributed by atoms with van der Waals surface area (Å²) in [5, 5.41) is 2.06. The van der Waals surface area contributed by atoms with Crippen LogP contribution in [-0.4, -0.2) is 18.8 Å². The van der Waals surface area contributed by atoms with Crippen molar-refractivity contribution in [3.8, 4) is 22.8 Å². The maximum Gasteiger partial charge on any atom is 0.172 e. The fourth-order valence-corrected chi connectivity index (χ4v) is 3.48. The summed E-state index contributed by atoms with van der Waals surface area (Å²) in [6.07, 6.45) is 3.87. The maximum atomic E-state index is 5.51. The van der Waals surface area contributed by atoms with Crippen LogP contribution in [0.1, 0.15) is 5.56 Å². The summed E-state index contributed by atoms with van der Waals surface area (Å²) in [6.45, 7) is 0.704. The molecule has 6 heteroatoms. The monoisotopic (exact) mass is 345 g/mol. The Morgan fingerprint density at radius 3 is 2.78 bits per heavy atom. The van der Waals surface area contributed by atoms with Crippen LogP contribution < -0.4 is 14.5 Å². The Labute approximate surface area is 144 Å². The summed E-state index contributed by atoms with van der Waals surface area (Å²) < 4.78 is 13.8. The molecule has 2 heterocycles. The number of rotatable bonds is 5. The number of hydrogen-bond donors (Lipinski definition) is 0. The molecule has 1 N–H and O–H groups in total. The molecule has 0 atom stereocenters. The lowest BCUT2D eigenvalue weighted by molar-refractivity contribution is -0.378. The zero-order valence-corrected chi connectivity index (χ0v) is 14.5. The van der Waals surface area contributed by atoms with E-state index in [4.69, 9.17) is 21.7 Å².